The Morgan fingerprint density at radius 3 is 2.72 bits per heavy atom. The summed E-state index contributed by atoms with van der Waals surface area (Å²) in [7, 11) is 1.74. The van der Waals surface area contributed by atoms with E-state index in [0.29, 0.717) is 30.4 Å². The second kappa shape index (κ2) is 11.7. The highest BCUT2D eigenvalue weighted by Gasteiger charge is 2.31. The number of carbonyl (C=O) groups excluding carboxylic acids is 1. The standard InChI is InChI=1S/C30H29F3N8O2/c1-30(2,36-3)13-17(14-34)29(42)40-11-5-6-18(15-40)41-28-24(27(35)37-16-38-28)26(39-41)20-10-9-19(12-22(20)32)43-23-8-4-7-21(31)25(23)33/h4,7-10,12-13,16,18,36H,5-6,11,15H2,1-3H3,(H2,35,37,38)/b17-13-/t18-/m1/s1. The van der Waals surface area contributed by atoms with Crippen LogP contribution in [0.5, 0.6) is 11.5 Å². The first kappa shape index (κ1) is 29.5. The van der Waals surface area contributed by atoms with Gasteiger partial charge in [0, 0.05) is 30.3 Å². The summed E-state index contributed by atoms with van der Waals surface area (Å²) in [6.45, 7) is 4.41. The van der Waals surface area contributed by atoms with Crippen molar-refractivity contribution < 1.29 is 22.7 Å². The zero-order valence-corrected chi connectivity index (χ0v) is 23.7. The van der Waals surface area contributed by atoms with Gasteiger partial charge in [0.15, 0.2) is 17.2 Å². The molecule has 0 radical (unpaired) electrons. The minimum Gasteiger partial charge on any atom is -0.454 e. The number of fused-ring (bicyclic) bond motifs is 1. The molecule has 43 heavy (non-hydrogen) atoms. The molecule has 3 N–H and O–H groups in total. The minimum absolute atomic E-state index is 0.0279. The first-order chi connectivity index (χ1) is 20.5. The maximum atomic E-state index is 15.5. The van der Waals surface area contributed by atoms with E-state index >= 15 is 4.39 Å². The number of carbonyl (C=O) groups is 1. The lowest BCUT2D eigenvalue weighted by molar-refractivity contribution is -0.128. The molecule has 1 atom stereocenters. The van der Waals surface area contributed by atoms with Gasteiger partial charge in [-0.15, -0.1) is 0 Å². The van der Waals surface area contributed by atoms with Gasteiger partial charge in [-0.05, 0) is 64.1 Å². The Hall–Kier alpha value is -4.96. The Labute approximate surface area is 245 Å². The number of hydrogen-bond donors (Lipinski definition) is 2. The van der Waals surface area contributed by atoms with Crippen LogP contribution in [0.25, 0.3) is 22.3 Å². The molecule has 0 unspecified atom stereocenters. The van der Waals surface area contributed by atoms with E-state index in [1.165, 1.54) is 30.6 Å². The predicted octanol–water partition coefficient (Wildman–Crippen LogP) is 4.90. The van der Waals surface area contributed by atoms with E-state index in [-0.39, 0.29) is 46.7 Å². The molecule has 0 bridgehead atoms. The largest absolute Gasteiger partial charge is 0.454 e. The van der Waals surface area contributed by atoms with Gasteiger partial charge < -0.3 is 20.7 Å². The van der Waals surface area contributed by atoms with E-state index in [4.69, 9.17) is 15.6 Å². The van der Waals surface area contributed by atoms with Crippen LogP contribution < -0.4 is 15.8 Å². The Kier molecular flexibility index (Phi) is 8.06. The fourth-order valence-electron chi connectivity index (χ4n) is 4.96. The van der Waals surface area contributed by atoms with Gasteiger partial charge in [0.2, 0.25) is 5.82 Å². The summed E-state index contributed by atoms with van der Waals surface area (Å²) >= 11 is 0. The molecule has 13 heteroatoms. The molecule has 0 spiro atoms. The van der Waals surface area contributed by atoms with Crippen LogP contribution in [0.1, 0.15) is 32.7 Å². The van der Waals surface area contributed by atoms with Crippen LogP contribution in [-0.2, 0) is 4.79 Å². The van der Waals surface area contributed by atoms with E-state index in [1.807, 2.05) is 19.9 Å². The number of benzene rings is 2. The highest BCUT2D eigenvalue weighted by atomic mass is 19.2. The van der Waals surface area contributed by atoms with Crippen molar-refractivity contribution in [2.75, 3.05) is 25.9 Å². The van der Waals surface area contributed by atoms with Gasteiger partial charge >= 0.3 is 0 Å². The number of ether oxygens (including phenoxy) is 1. The maximum absolute atomic E-state index is 15.5. The van der Waals surface area contributed by atoms with Gasteiger partial charge in [-0.25, -0.2) is 23.4 Å². The zero-order chi connectivity index (χ0) is 30.9. The molecular formula is C30H29F3N8O2. The lowest BCUT2D eigenvalue weighted by Gasteiger charge is -2.33. The lowest BCUT2D eigenvalue weighted by atomic mass is 10.00. The number of anilines is 1. The Morgan fingerprint density at radius 2 is 2.00 bits per heavy atom. The Morgan fingerprint density at radius 1 is 1.21 bits per heavy atom. The van der Waals surface area contributed by atoms with Gasteiger partial charge in [0.25, 0.3) is 5.91 Å². The van der Waals surface area contributed by atoms with Crippen molar-refractivity contribution in [1.29, 1.82) is 5.26 Å². The smallest absolute Gasteiger partial charge is 0.264 e. The average Bonchev–Trinajstić information content (AvgIpc) is 3.39. The predicted molar refractivity (Wildman–Crippen MR) is 153 cm³/mol. The first-order valence-corrected chi connectivity index (χ1v) is 13.5. The number of nitrogens with zero attached hydrogens (tertiary/aromatic N) is 6. The van der Waals surface area contributed by atoms with Crippen molar-refractivity contribution in [3.8, 4) is 28.8 Å². The van der Waals surface area contributed by atoms with E-state index in [9.17, 15) is 18.8 Å². The molecule has 1 amide bonds. The minimum atomic E-state index is -1.19. The number of amides is 1. The molecule has 0 aliphatic carbocycles. The van der Waals surface area contributed by atoms with Crippen molar-refractivity contribution in [2.24, 2.45) is 0 Å². The van der Waals surface area contributed by atoms with Crippen molar-refractivity contribution in [3.05, 3.63) is 71.8 Å². The summed E-state index contributed by atoms with van der Waals surface area (Å²) < 4.78 is 50.2. The second-order valence-electron chi connectivity index (χ2n) is 10.7. The van der Waals surface area contributed by atoms with Crippen LogP contribution >= 0.6 is 0 Å². The maximum Gasteiger partial charge on any atom is 0.264 e. The molecule has 2 aromatic heterocycles. The molecule has 222 valence electrons. The summed E-state index contributed by atoms with van der Waals surface area (Å²) in [5.74, 6) is -3.78. The normalized spacial score (nSPS) is 15.9. The third kappa shape index (κ3) is 5.87. The SMILES string of the molecule is CNC(C)(C)/C=C(/C#N)C(=O)N1CCC[C@@H](n2nc(-c3ccc(Oc4cccc(F)c4F)cc3F)c3c(N)ncnc32)C1. The third-order valence-corrected chi connectivity index (χ3v) is 7.39. The highest BCUT2D eigenvalue weighted by Crippen LogP contribution is 2.37. The second-order valence-corrected chi connectivity index (χ2v) is 10.7. The molecular weight excluding hydrogens is 561 g/mol. The summed E-state index contributed by atoms with van der Waals surface area (Å²) in [6, 6.07) is 8.96. The average molecular weight is 591 g/mol. The number of aromatic nitrogens is 4. The Bertz CT molecular complexity index is 1780. The zero-order valence-electron chi connectivity index (χ0n) is 23.7. The van der Waals surface area contributed by atoms with Gasteiger partial charge in [-0.2, -0.15) is 14.8 Å². The molecule has 0 saturated carbocycles. The lowest BCUT2D eigenvalue weighted by Crippen LogP contribution is -2.42. The molecule has 1 saturated heterocycles. The number of likely N-dealkylation sites (tertiary alicyclic amines) is 1. The van der Waals surface area contributed by atoms with Crippen LogP contribution in [0.15, 0.2) is 54.4 Å². The molecule has 3 heterocycles. The monoisotopic (exact) mass is 590 g/mol. The third-order valence-electron chi connectivity index (χ3n) is 7.39. The topological polar surface area (TPSA) is 135 Å². The summed E-state index contributed by atoms with van der Waals surface area (Å²) in [6.07, 6.45) is 4.17. The number of nitrogen functional groups attached to an aromatic ring is 1. The molecule has 10 nitrogen and oxygen atoms in total. The van der Waals surface area contributed by atoms with E-state index in [1.54, 1.807) is 22.7 Å². The van der Waals surface area contributed by atoms with Crippen molar-refractivity contribution in [3.63, 3.8) is 0 Å². The quantitative estimate of drug-likeness (QED) is 0.229. The summed E-state index contributed by atoms with van der Waals surface area (Å²) in [4.78, 5) is 23.4. The van der Waals surface area contributed by atoms with E-state index < -0.39 is 28.9 Å². The fourth-order valence-corrected chi connectivity index (χ4v) is 4.96. The van der Waals surface area contributed by atoms with Crippen molar-refractivity contribution in [2.45, 2.75) is 38.3 Å². The number of halogens is 3. The molecule has 4 aromatic rings. The summed E-state index contributed by atoms with van der Waals surface area (Å²) in [5.41, 5.74) is 6.27. The van der Waals surface area contributed by atoms with Gasteiger partial charge in [0.05, 0.1) is 11.4 Å². The van der Waals surface area contributed by atoms with Crippen LogP contribution in [0, 0.1) is 28.8 Å². The van der Waals surface area contributed by atoms with Gasteiger partial charge in [-0.1, -0.05) is 6.07 Å². The number of nitrogens with two attached hydrogens (primary N) is 1. The number of likely N-dealkylation sites (N-methyl/N-ethyl adjacent to an activating group) is 1. The van der Waals surface area contributed by atoms with E-state index in [2.05, 4.69) is 15.3 Å². The molecule has 5 rings (SSSR count). The van der Waals surface area contributed by atoms with Crippen LogP contribution in [-0.4, -0.2) is 56.2 Å². The summed E-state index contributed by atoms with van der Waals surface area (Å²) in [5, 5.41) is 17.8. The Balaban J connectivity index is 1.48. The van der Waals surface area contributed by atoms with Gasteiger partial charge in [-0.3, -0.25) is 4.79 Å². The van der Waals surface area contributed by atoms with Crippen LogP contribution in [0.4, 0.5) is 19.0 Å². The van der Waals surface area contributed by atoms with Crippen molar-refractivity contribution in [1.82, 2.24) is 30.0 Å². The van der Waals surface area contributed by atoms with Gasteiger partial charge in [0.1, 0.15) is 41.0 Å². The van der Waals surface area contributed by atoms with E-state index in [0.717, 1.165) is 12.1 Å². The number of rotatable bonds is 7. The fraction of sp³-hybridized carbons (Fsp3) is 0.300. The number of hydrogen-bond acceptors (Lipinski definition) is 8. The first-order valence-electron chi connectivity index (χ1n) is 13.5. The molecule has 1 fully saturated rings. The van der Waals surface area contributed by atoms with Crippen molar-refractivity contribution >= 4 is 22.8 Å². The number of nitriles is 1. The highest BCUT2D eigenvalue weighted by molar-refractivity contribution is 5.99. The number of piperidine rings is 1. The van der Waals surface area contributed by atoms with Crippen LogP contribution in [0.3, 0.4) is 0 Å². The number of nitrogens with one attached hydrogen (secondary N) is 1. The molecule has 1 aliphatic heterocycles. The molecule has 2 aromatic carbocycles. The van der Waals surface area contributed by atoms with Crippen LogP contribution in [0.2, 0.25) is 0 Å². The molecule has 1 aliphatic rings.